The molecule has 0 amide bonds. The minimum Gasteiger partial charge on any atom is -0.668 e. The van der Waals surface area contributed by atoms with Crippen molar-refractivity contribution in [3.63, 3.8) is 0 Å². The van der Waals surface area contributed by atoms with E-state index in [1.165, 1.54) is 0 Å². The molecule has 0 fully saturated rings. The Balaban J connectivity index is 0. The zero-order valence-corrected chi connectivity index (χ0v) is 13.5. The predicted molar refractivity (Wildman–Crippen MR) is 50.1 cm³/mol. The predicted octanol–water partition coefficient (Wildman–Crippen LogP) is 3.03. The van der Waals surface area contributed by atoms with Crippen LogP contribution in [0.3, 0.4) is 0 Å². The van der Waals surface area contributed by atoms with Crippen molar-refractivity contribution in [2.24, 2.45) is 0 Å². The summed E-state index contributed by atoms with van der Waals surface area (Å²) in [5.74, 6) is 0. The Morgan fingerprint density at radius 3 is 0.900 bits per heavy atom. The molecule has 0 saturated carbocycles. The van der Waals surface area contributed by atoms with Gasteiger partial charge in [0, 0.05) is 25.8 Å². The van der Waals surface area contributed by atoms with Gasteiger partial charge < -0.3 is 4.65 Å². The summed E-state index contributed by atoms with van der Waals surface area (Å²) in [7, 11) is -2.21. The average Bonchev–Trinajstić information content (AvgIpc) is 1.14. The van der Waals surface area contributed by atoms with Crippen molar-refractivity contribution in [1.29, 1.82) is 0 Å². The van der Waals surface area contributed by atoms with Gasteiger partial charge in [-0.3, -0.25) is 0 Å². The first-order chi connectivity index (χ1) is 3.71. The van der Waals surface area contributed by atoms with Gasteiger partial charge in [0.05, 0.1) is 0 Å². The summed E-state index contributed by atoms with van der Waals surface area (Å²) >= 11 is 0. The van der Waals surface area contributed by atoms with Crippen LogP contribution in [0, 0.1) is 0 Å². The molecule has 1 nitrogen and oxygen atoms in total. The van der Waals surface area contributed by atoms with Gasteiger partial charge >= 0.3 is 0 Å². The fourth-order valence-corrected chi connectivity index (χ4v) is 9.06. The minimum absolute atomic E-state index is 0. The third-order valence-corrected chi connectivity index (χ3v) is 6.04. The molecule has 0 atom stereocenters. The molecular formula is C6H18HfNSi2-. The Morgan fingerprint density at radius 2 is 0.900 bits per heavy atom. The van der Waals surface area contributed by atoms with Gasteiger partial charge in [-0.2, -0.15) is 0 Å². The Labute approximate surface area is 85.9 Å². The summed E-state index contributed by atoms with van der Waals surface area (Å²) < 4.78 is 4.82. The maximum absolute atomic E-state index is 4.82. The van der Waals surface area contributed by atoms with Crippen molar-refractivity contribution >= 4 is 16.5 Å². The summed E-state index contributed by atoms with van der Waals surface area (Å²) in [6, 6.07) is 0. The molecule has 4 heteroatoms. The maximum atomic E-state index is 4.82. The first kappa shape index (κ1) is 13.8. The van der Waals surface area contributed by atoms with Crippen molar-refractivity contribution in [2.75, 3.05) is 0 Å². The smallest absolute Gasteiger partial charge is 0 e. The molecule has 0 aliphatic carbocycles. The van der Waals surface area contributed by atoms with Crippen molar-refractivity contribution in [3.8, 4) is 0 Å². The number of nitrogens with zero attached hydrogens (tertiary/aromatic N) is 1. The molecule has 0 aliphatic rings. The first-order valence-electron chi connectivity index (χ1n) is 3.45. The normalized spacial score (nSPS) is 12.6. The van der Waals surface area contributed by atoms with E-state index in [4.69, 9.17) is 4.65 Å². The van der Waals surface area contributed by atoms with Crippen LogP contribution in [0.25, 0.3) is 4.65 Å². The van der Waals surface area contributed by atoms with E-state index in [-0.39, 0.29) is 25.8 Å². The zero-order chi connectivity index (χ0) is 7.71. The van der Waals surface area contributed by atoms with E-state index in [0.29, 0.717) is 0 Å². The van der Waals surface area contributed by atoms with Crippen LogP contribution in [0.15, 0.2) is 0 Å². The van der Waals surface area contributed by atoms with Crippen LogP contribution in [-0.2, 0) is 25.8 Å². The second-order valence-electron chi connectivity index (χ2n) is 4.45. The summed E-state index contributed by atoms with van der Waals surface area (Å²) in [5.41, 5.74) is 0. The Hall–Kier alpha value is 1.26. The monoisotopic (exact) mass is 340 g/mol. The van der Waals surface area contributed by atoms with Gasteiger partial charge in [0.1, 0.15) is 0 Å². The molecule has 60 valence electrons. The second kappa shape index (κ2) is 4.33. The fourth-order valence-electron chi connectivity index (χ4n) is 1.01. The van der Waals surface area contributed by atoms with E-state index in [1.807, 2.05) is 0 Å². The number of hydrogen-bond acceptors (Lipinski definition) is 0. The van der Waals surface area contributed by atoms with E-state index < -0.39 is 16.5 Å². The quantitative estimate of drug-likeness (QED) is 0.687. The van der Waals surface area contributed by atoms with Crippen LogP contribution in [0.2, 0.25) is 39.3 Å². The molecule has 0 heterocycles. The average molecular weight is 339 g/mol. The van der Waals surface area contributed by atoms with E-state index in [2.05, 4.69) is 39.3 Å². The van der Waals surface area contributed by atoms with E-state index >= 15 is 0 Å². The van der Waals surface area contributed by atoms with Crippen LogP contribution in [0.5, 0.6) is 0 Å². The van der Waals surface area contributed by atoms with Gasteiger partial charge in [-0.25, -0.2) is 0 Å². The molecule has 0 bridgehead atoms. The van der Waals surface area contributed by atoms with Crippen LogP contribution < -0.4 is 0 Å². The summed E-state index contributed by atoms with van der Waals surface area (Å²) in [6.45, 7) is 13.8. The van der Waals surface area contributed by atoms with Gasteiger partial charge in [0.15, 0.2) is 0 Å². The van der Waals surface area contributed by atoms with E-state index in [9.17, 15) is 0 Å². The fraction of sp³-hybridized carbons (Fsp3) is 1.00. The molecule has 0 saturated heterocycles. The molecule has 0 spiro atoms. The van der Waals surface area contributed by atoms with E-state index in [0.717, 1.165) is 0 Å². The minimum atomic E-state index is -1.11. The molecule has 0 N–H and O–H groups in total. The van der Waals surface area contributed by atoms with Gasteiger partial charge in [-0.05, 0) is 0 Å². The van der Waals surface area contributed by atoms with Crippen molar-refractivity contribution < 1.29 is 25.8 Å². The zero-order valence-electron chi connectivity index (χ0n) is 7.95. The molecule has 0 aromatic heterocycles. The summed E-state index contributed by atoms with van der Waals surface area (Å²) in [6.07, 6.45) is 0. The van der Waals surface area contributed by atoms with Crippen molar-refractivity contribution in [3.05, 3.63) is 4.65 Å². The second-order valence-corrected chi connectivity index (χ2v) is 14.0. The molecular weight excluding hydrogens is 321 g/mol. The molecule has 10 heavy (non-hydrogen) atoms. The third kappa shape index (κ3) is 12.0. The number of hydrogen-bond donors (Lipinski definition) is 0. The Morgan fingerprint density at radius 1 is 0.700 bits per heavy atom. The van der Waals surface area contributed by atoms with Crippen LogP contribution in [0.1, 0.15) is 0 Å². The summed E-state index contributed by atoms with van der Waals surface area (Å²) in [4.78, 5) is 0. The van der Waals surface area contributed by atoms with Gasteiger partial charge in [-0.1, -0.05) is 55.8 Å². The van der Waals surface area contributed by atoms with Gasteiger partial charge in [0.2, 0.25) is 0 Å². The number of rotatable bonds is 2. The third-order valence-electron chi connectivity index (χ3n) is 0.671. The van der Waals surface area contributed by atoms with Crippen LogP contribution in [0.4, 0.5) is 0 Å². The molecule has 0 aromatic carbocycles. The molecule has 0 radical (unpaired) electrons. The van der Waals surface area contributed by atoms with Crippen molar-refractivity contribution in [1.82, 2.24) is 0 Å². The standard InChI is InChI=1S/C6H18NSi2.Hf/c1-8(2,3)7-9(4,5)6;/h1-6H3;/q-1;. The molecule has 0 aliphatic heterocycles. The summed E-state index contributed by atoms with van der Waals surface area (Å²) in [5, 5.41) is 0. The van der Waals surface area contributed by atoms with Crippen LogP contribution >= 0.6 is 0 Å². The van der Waals surface area contributed by atoms with Gasteiger partial charge in [0.25, 0.3) is 0 Å². The molecule has 0 unspecified atom stereocenters. The topological polar surface area (TPSA) is 14.1 Å². The van der Waals surface area contributed by atoms with Crippen LogP contribution in [-0.4, -0.2) is 16.5 Å². The van der Waals surface area contributed by atoms with Crippen molar-refractivity contribution in [2.45, 2.75) is 39.3 Å². The molecule has 0 aromatic rings. The molecule has 0 rings (SSSR count). The van der Waals surface area contributed by atoms with Gasteiger partial charge in [-0.15, -0.1) is 0 Å². The Kier molecular flexibility index (Phi) is 5.99. The Bertz CT molecular complexity index is 80.9. The first-order valence-corrected chi connectivity index (χ1v) is 10.3. The van der Waals surface area contributed by atoms with E-state index in [1.54, 1.807) is 0 Å². The maximum Gasteiger partial charge on any atom is 0 e. The SMILES string of the molecule is C[Si](C)(C)[N-][Si](C)(C)C.[Hf]. The largest absolute Gasteiger partial charge is 0.668 e.